The van der Waals surface area contributed by atoms with Crippen LogP contribution in [0.15, 0.2) is 29.4 Å². The van der Waals surface area contributed by atoms with E-state index in [-0.39, 0.29) is 18.0 Å². The third kappa shape index (κ3) is 3.06. The van der Waals surface area contributed by atoms with Gasteiger partial charge in [-0.25, -0.2) is 13.1 Å². The van der Waals surface area contributed by atoms with Gasteiger partial charge in [-0.05, 0) is 36.6 Å². The lowest BCUT2D eigenvalue weighted by Gasteiger charge is -2.12. The molecule has 0 bridgehead atoms. The molecule has 0 amide bonds. The highest BCUT2D eigenvalue weighted by Crippen LogP contribution is 2.21. The summed E-state index contributed by atoms with van der Waals surface area (Å²) in [6.07, 6.45) is 3.19. The number of nitrogens with one attached hydrogen (secondary N) is 2. The van der Waals surface area contributed by atoms with Gasteiger partial charge >= 0.3 is 0 Å². The number of hydrogen-bond donors (Lipinski definition) is 3. The summed E-state index contributed by atoms with van der Waals surface area (Å²) in [6, 6.07) is 3.28. The van der Waals surface area contributed by atoms with E-state index in [1.807, 2.05) is 6.92 Å². The van der Waals surface area contributed by atoms with Crippen molar-refractivity contribution in [3.8, 4) is 0 Å². The van der Waals surface area contributed by atoms with Crippen LogP contribution in [0.5, 0.6) is 0 Å². The number of aryl methyl sites for hydroxylation is 1. The molecule has 108 valence electrons. The standard InChI is InChI=1S/C13H17N3O3S/c1-9-3-11(8-17)4-13(10(9)2)20(18,19)16-7-12-5-14-15-6-12/h3-6,16-17H,7-8H2,1-2H3,(H,14,15). The molecule has 2 aromatic rings. The van der Waals surface area contributed by atoms with E-state index in [1.54, 1.807) is 25.4 Å². The van der Waals surface area contributed by atoms with E-state index in [9.17, 15) is 13.5 Å². The Balaban J connectivity index is 2.31. The van der Waals surface area contributed by atoms with E-state index in [0.29, 0.717) is 11.1 Å². The summed E-state index contributed by atoms with van der Waals surface area (Å²) < 4.78 is 27.2. The zero-order chi connectivity index (χ0) is 14.8. The first-order valence-electron chi connectivity index (χ1n) is 6.12. The van der Waals surface area contributed by atoms with Crippen molar-refractivity contribution in [3.63, 3.8) is 0 Å². The van der Waals surface area contributed by atoms with Crippen LogP contribution in [0.3, 0.4) is 0 Å². The molecule has 0 unspecified atom stereocenters. The molecular formula is C13H17N3O3S. The van der Waals surface area contributed by atoms with Crippen molar-refractivity contribution in [1.82, 2.24) is 14.9 Å². The molecule has 1 aromatic carbocycles. The van der Waals surface area contributed by atoms with Crippen LogP contribution in [-0.4, -0.2) is 23.7 Å². The highest BCUT2D eigenvalue weighted by atomic mass is 32.2. The monoisotopic (exact) mass is 295 g/mol. The van der Waals surface area contributed by atoms with E-state index in [0.717, 1.165) is 11.1 Å². The molecule has 0 spiro atoms. The molecule has 0 radical (unpaired) electrons. The molecular weight excluding hydrogens is 278 g/mol. The molecule has 2 rings (SSSR count). The topological polar surface area (TPSA) is 95.1 Å². The predicted octanol–water partition coefficient (Wildman–Crippen LogP) is 0.997. The molecule has 6 nitrogen and oxygen atoms in total. The van der Waals surface area contributed by atoms with Gasteiger partial charge in [-0.3, -0.25) is 5.10 Å². The lowest BCUT2D eigenvalue weighted by Crippen LogP contribution is -2.24. The number of sulfonamides is 1. The highest BCUT2D eigenvalue weighted by molar-refractivity contribution is 7.89. The van der Waals surface area contributed by atoms with Gasteiger partial charge in [-0.1, -0.05) is 6.07 Å². The Hall–Kier alpha value is -1.70. The fraction of sp³-hybridized carbons (Fsp3) is 0.308. The molecule has 20 heavy (non-hydrogen) atoms. The number of hydrogen-bond acceptors (Lipinski definition) is 4. The van der Waals surface area contributed by atoms with Crippen LogP contribution in [-0.2, 0) is 23.2 Å². The summed E-state index contributed by atoms with van der Waals surface area (Å²) in [5.74, 6) is 0. The van der Waals surface area contributed by atoms with Crippen molar-refractivity contribution >= 4 is 10.0 Å². The SMILES string of the molecule is Cc1cc(CO)cc(S(=O)(=O)NCc2cn[nH]c2)c1C. The summed E-state index contributed by atoms with van der Waals surface area (Å²) in [6.45, 7) is 3.55. The van der Waals surface area contributed by atoms with Crippen LogP contribution in [0, 0.1) is 13.8 Å². The van der Waals surface area contributed by atoms with Crippen LogP contribution in [0.1, 0.15) is 22.3 Å². The fourth-order valence-electron chi connectivity index (χ4n) is 1.90. The second-order valence-electron chi connectivity index (χ2n) is 4.63. The summed E-state index contributed by atoms with van der Waals surface area (Å²) in [5.41, 5.74) is 2.85. The molecule has 0 saturated carbocycles. The second kappa shape index (κ2) is 5.74. The molecule has 0 atom stereocenters. The Labute approximate surface area is 117 Å². The summed E-state index contributed by atoms with van der Waals surface area (Å²) in [5, 5.41) is 15.6. The van der Waals surface area contributed by atoms with Crippen LogP contribution in [0.25, 0.3) is 0 Å². The average molecular weight is 295 g/mol. The number of nitrogens with zero attached hydrogens (tertiary/aromatic N) is 1. The Morgan fingerprint density at radius 3 is 2.65 bits per heavy atom. The Morgan fingerprint density at radius 2 is 2.05 bits per heavy atom. The van der Waals surface area contributed by atoms with Gasteiger partial charge in [0, 0.05) is 18.3 Å². The van der Waals surface area contributed by atoms with Crippen molar-refractivity contribution in [1.29, 1.82) is 0 Å². The van der Waals surface area contributed by atoms with Crippen molar-refractivity contribution in [3.05, 3.63) is 46.8 Å². The maximum Gasteiger partial charge on any atom is 0.241 e. The number of aliphatic hydroxyl groups excluding tert-OH is 1. The molecule has 0 fully saturated rings. The zero-order valence-electron chi connectivity index (χ0n) is 11.3. The smallest absolute Gasteiger partial charge is 0.241 e. The number of benzene rings is 1. The zero-order valence-corrected chi connectivity index (χ0v) is 12.2. The number of H-pyrrole nitrogens is 1. The average Bonchev–Trinajstić information content (AvgIpc) is 2.92. The fourth-order valence-corrected chi connectivity index (χ4v) is 3.28. The minimum absolute atomic E-state index is 0.167. The van der Waals surface area contributed by atoms with Crippen LogP contribution in [0.4, 0.5) is 0 Å². The Bertz CT molecular complexity index is 694. The third-order valence-corrected chi connectivity index (χ3v) is 4.70. The number of aromatic amines is 1. The van der Waals surface area contributed by atoms with Gasteiger partial charge in [0.15, 0.2) is 0 Å². The minimum atomic E-state index is -3.62. The molecule has 3 N–H and O–H groups in total. The summed E-state index contributed by atoms with van der Waals surface area (Å²) in [7, 11) is -3.62. The van der Waals surface area contributed by atoms with E-state index >= 15 is 0 Å². The van der Waals surface area contributed by atoms with Gasteiger partial charge < -0.3 is 5.11 Å². The quantitative estimate of drug-likeness (QED) is 0.767. The van der Waals surface area contributed by atoms with Gasteiger partial charge in [0.1, 0.15) is 0 Å². The molecule has 0 aliphatic rings. The highest BCUT2D eigenvalue weighted by Gasteiger charge is 2.18. The van der Waals surface area contributed by atoms with Gasteiger partial charge in [0.05, 0.1) is 17.7 Å². The van der Waals surface area contributed by atoms with Crippen molar-refractivity contribution in [2.24, 2.45) is 0 Å². The van der Waals surface area contributed by atoms with Crippen LogP contribution >= 0.6 is 0 Å². The molecule has 0 saturated heterocycles. The number of aliphatic hydroxyl groups is 1. The van der Waals surface area contributed by atoms with E-state index in [2.05, 4.69) is 14.9 Å². The lowest BCUT2D eigenvalue weighted by atomic mass is 10.1. The first kappa shape index (κ1) is 14.7. The van der Waals surface area contributed by atoms with Crippen LogP contribution in [0.2, 0.25) is 0 Å². The lowest BCUT2D eigenvalue weighted by molar-refractivity contribution is 0.281. The molecule has 0 aliphatic carbocycles. The van der Waals surface area contributed by atoms with Gasteiger partial charge in [-0.2, -0.15) is 5.10 Å². The normalized spacial score (nSPS) is 11.8. The maximum atomic E-state index is 12.3. The van der Waals surface area contributed by atoms with Gasteiger partial charge in [-0.15, -0.1) is 0 Å². The van der Waals surface area contributed by atoms with Crippen molar-refractivity contribution in [2.75, 3.05) is 0 Å². The maximum absolute atomic E-state index is 12.3. The largest absolute Gasteiger partial charge is 0.392 e. The molecule has 1 heterocycles. The second-order valence-corrected chi connectivity index (χ2v) is 6.36. The summed E-state index contributed by atoms with van der Waals surface area (Å²) >= 11 is 0. The first-order valence-corrected chi connectivity index (χ1v) is 7.60. The van der Waals surface area contributed by atoms with Crippen molar-refractivity contribution < 1.29 is 13.5 Å². The van der Waals surface area contributed by atoms with Crippen molar-refractivity contribution in [2.45, 2.75) is 31.9 Å². The van der Waals surface area contributed by atoms with Crippen LogP contribution < -0.4 is 4.72 Å². The molecule has 1 aromatic heterocycles. The van der Waals surface area contributed by atoms with E-state index in [4.69, 9.17) is 0 Å². The molecule has 0 aliphatic heterocycles. The summed E-state index contributed by atoms with van der Waals surface area (Å²) in [4.78, 5) is 0.199. The Morgan fingerprint density at radius 1 is 1.30 bits per heavy atom. The predicted molar refractivity (Wildman–Crippen MR) is 74.5 cm³/mol. The number of aromatic nitrogens is 2. The third-order valence-electron chi connectivity index (χ3n) is 3.17. The number of rotatable bonds is 5. The first-order chi connectivity index (χ1) is 9.44. The van der Waals surface area contributed by atoms with E-state index in [1.165, 1.54) is 6.07 Å². The van der Waals surface area contributed by atoms with Gasteiger partial charge in [0.25, 0.3) is 0 Å². The minimum Gasteiger partial charge on any atom is -0.392 e. The Kier molecular flexibility index (Phi) is 4.22. The van der Waals surface area contributed by atoms with E-state index < -0.39 is 10.0 Å². The molecule has 7 heteroatoms. The van der Waals surface area contributed by atoms with Gasteiger partial charge in [0.2, 0.25) is 10.0 Å².